The number of hydrogen-bond acceptors (Lipinski definition) is 10. The molecule has 13 nitrogen and oxygen atoms in total. The predicted molar refractivity (Wildman–Crippen MR) is 166 cm³/mol. The van der Waals surface area contributed by atoms with Gasteiger partial charge in [-0.1, -0.05) is 66.7 Å². The van der Waals surface area contributed by atoms with Crippen LogP contribution in [0.3, 0.4) is 0 Å². The van der Waals surface area contributed by atoms with Gasteiger partial charge >= 0.3 is 18.3 Å². The first-order valence-corrected chi connectivity index (χ1v) is 15.0. The van der Waals surface area contributed by atoms with Gasteiger partial charge in [-0.25, -0.2) is 14.4 Å². The molecule has 2 saturated heterocycles. The summed E-state index contributed by atoms with van der Waals surface area (Å²) in [6.07, 6.45) is -3.07. The van der Waals surface area contributed by atoms with E-state index in [1.54, 1.807) is 18.2 Å². The molecule has 6 rings (SSSR count). The first kappa shape index (κ1) is 30.8. The normalized spacial score (nSPS) is 24.7. The van der Waals surface area contributed by atoms with Crippen LogP contribution in [0.2, 0.25) is 0 Å². The van der Waals surface area contributed by atoms with Gasteiger partial charge in [0.05, 0.1) is 19.9 Å². The lowest BCUT2D eigenvalue weighted by Crippen LogP contribution is -2.55. The Morgan fingerprint density at radius 3 is 2.33 bits per heavy atom. The summed E-state index contributed by atoms with van der Waals surface area (Å²) in [5.74, 6) is 0. The molecule has 3 aliphatic rings. The van der Waals surface area contributed by atoms with E-state index in [1.165, 1.54) is 24.0 Å². The van der Waals surface area contributed by atoms with Crippen molar-refractivity contribution in [1.29, 1.82) is 0 Å². The number of aryl methyl sites for hydroxylation is 1. The topological polar surface area (TPSA) is 154 Å². The van der Waals surface area contributed by atoms with Gasteiger partial charge in [-0.15, -0.1) is 0 Å². The lowest BCUT2D eigenvalue weighted by atomic mass is 9.84. The van der Waals surface area contributed by atoms with Crippen molar-refractivity contribution < 1.29 is 33.7 Å². The Labute approximate surface area is 266 Å². The van der Waals surface area contributed by atoms with Crippen LogP contribution in [0.5, 0.6) is 0 Å². The van der Waals surface area contributed by atoms with Crippen molar-refractivity contribution in [3.63, 3.8) is 0 Å². The number of azo groups is 1. The highest BCUT2D eigenvalue weighted by molar-refractivity contribution is 5.78. The van der Waals surface area contributed by atoms with Gasteiger partial charge in [0.15, 0.2) is 0 Å². The third-order valence-electron chi connectivity index (χ3n) is 9.02. The number of aliphatic hydroxyl groups is 1. The number of carbonyl (C=O) groups excluding carboxylic acids is 3. The van der Waals surface area contributed by atoms with Crippen LogP contribution in [-0.4, -0.2) is 72.8 Å². The first-order chi connectivity index (χ1) is 22.2. The second kappa shape index (κ2) is 12.3. The van der Waals surface area contributed by atoms with Gasteiger partial charge in [0.2, 0.25) is 0 Å². The van der Waals surface area contributed by atoms with Crippen LogP contribution in [0.25, 0.3) is 0 Å². The molecule has 240 valence electrons. The highest BCUT2D eigenvalue weighted by atomic mass is 16.6. The minimum atomic E-state index is -1.34. The lowest BCUT2D eigenvalue weighted by molar-refractivity contribution is 0.0190. The van der Waals surface area contributed by atoms with Crippen LogP contribution >= 0.6 is 0 Å². The van der Waals surface area contributed by atoms with Crippen molar-refractivity contribution >= 4 is 29.7 Å². The predicted octanol–water partition coefficient (Wildman–Crippen LogP) is 5.11. The molecule has 13 heteroatoms. The molecule has 3 aromatic carbocycles. The van der Waals surface area contributed by atoms with E-state index in [0.717, 1.165) is 16.7 Å². The number of methoxy groups -OCH3 is 2. The maximum Gasteiger partial charge on any atom is 0.411 e. The van der Waals surface area contributed by atoms with Crippen molar-refractivity contribution in [2.45, 2.75) is 49.8 Å². The largest absolute Gasteiger partial charge is 0.453 e. The Kier molecular flexibility index (Phi) is 8.26. The number of hydrogen-bond donors (Lipinski definition) is 3. The number of anilines is 1. The number of nitrogens with zero attached hydrogens (tertiary/aromatic N) is 4. The Hall–Kier alpha value is -5.17. The Balaban J connectivity index is 1.38. The molecule has 2 fully saturated rings. The number of amides is 3. The van der Waals surface area contributed by atoms with Crippen molar-refractivity contribution in [2.24, 2.45) is 10.2 Å². The van der Waals surface area contributed by atoms with Crippen molar-refractivity contribution in [2.75, 3.05) is 32.6 Å². The first-order valence-electron chi connectivity index (χ1n) is 15.0. The summed E-state index contributed by atoms with van der Waals surface area (Å²) in [4.78, 5) is 41.6. The van der Waals surface area contributed by atoms with Crippen molar-refractivity contribution in [1.82, 2.24) is 15.1 Å². The number of fused-ring (bicyclic) bond motifs is 3. The number of para-hydroxylation sites is 1. The standard InChI is InChI=1S/C33H36N6O7/c1-21-10-7-8-13-23(21)32(16-18-38(30(41)44-2)27(32)35-29(40)46-20-22-11-5-4-6-12-22)37-36-25-15-9-14-24-26(25)34-28-33(24,43)17-19-39(28)31(42)45-3/h4-15,27-28,34,43H,16-20H2,1-3H3,(H,35,40)/t27?,28?,32-,33-/m0/s1. The molecule has 0 spiro atoms. The summed E-state index contributed by atoms with van der Waals surface area (Å²) in [6, 6.07) is 22.2. The maximum atomic E-state index is 13.3. The molecule has 3 aliphatic heterocycles. The van der Waals surface area contributed by atoms with Gasteiger partial charge in [-0.3, -0.25) is 15.1 Å². The quantitative estimate of drug-likeness (QED) is 0.251. The van der Waals surface area contributed by atoms with E-state index in [2.05, 4.69) is 10.6 Å². The number of rotatable bonds is 6. The van der Waals surface area contributed by atoms with Gasteiger partial charge in [0.1, 0.15) is 35.8 Å². The third kappa shape index (κ3) is 5.26. The summed E-state index contributed by atoms with van der Waals surface area (Å²) in [5.41, 5.74) is 1.40. The molecule has 2 unspecified atom stereocenters. The molecule has 0 aliphatic carbocycles. The minimum absolute atomic E-state index is 0.0327. The molecule has 0 bridgehead atoms. The van der Waals surface area contributed by atoms with Crippen LogP contribution in [-0.2, 0) is 32.0 Å². The highest BCUT2D eigenvalue weighted by Gasteiger charge is 2.56. The van der Waals surface area contributed by atoms with Gasteiger partial charge in [-0.05, 0) is 29.7 Å². The minimum Gasteiger partial charge on any atom is -0.453 e. The lowest BCUT2D eigenvalue weighted by Gasteiger charge is -2.35. The molecule has 0 saturated carbocycles. The zero-order valence-electron chi connectivity index (χ0n) is 25.8. The van der Waals surface area contributed by atoms with Crippen LogP contribution in [0.1, 0.15) is 35.1 Å². The Bertz CT molecular complexity index is 1670. The number of nitrogens with one attached hydrogen (secondary N) is 2. The van der Waals surface area contributed by atoms with Crippen molar-refractivity contribution in [3.05, 3.63) is 95.1 Å². The second-order valence-corrected chi connectivity index (χ2v) is 11.5. The average Bonchev–Trinajstić information content (AvgIpc) is 3.70. The molecule has 0 radical (unpaired) electrons. The number of likely N-dealkylation sites (tertiary alicyclic amines) is 2. The van der Waals surface area contributed by atoms with Gasteiger partial charge in [0, 0.05) is 31.5 Å². The van der Waals surface area contributed by atoms with E-state index in [9.17, 15) is 19.5 Å². The van der Waals surface area contributed by atoms with Gasteiger partial charge in [-0.2, -0.15) is 10.2 Å². The fourth-order valence-corrected chi connectivity index (χ4v) is 6.72. The van der Waals surface area contributed by atoms with Crippen molar-refractivity contribution in [3.8, 4) is 0 Å². The number of carbonyl (C=O) groups is 3. The molecule has 3 aromatic rings. The van der Waals surface area contributed by atoms with E-state index in [0.29, 0.717) is 36.3 Å². The fraction of sp³-hybridized carbons (Fsp3) is 0.364. The SMILES string of the molecule is COC(=O)N1CC[C@](N=Nc2cccc3c2NC2N(C(=O)OC)CC[C@]32O)(c2ccccc2C)C1NC(=O)OCc1ccccc1. The molecule has 3 amide bonds. The average molecular weight is 629 g/mol. The molecule has 3 heterocycles. The summed E-state index contributed by atoms with van der Waals surface area (Å²) < 4.78 is 15.6. The second-order valence-electron chi connectivity index (χ2n) is 11.5. The number of benzene rings is 3. The summed E-state index contributed by atoms with van der Waals surface area (Å²) >= 11 is 0. The Morgan fingerprint density at radius 2 is 1.59 bits per heavy atom. The molecular weight excluding hydrogens is 592 g/mol. The summed E-state index contributed by atoms with van der Waals surface area (Å²) in [5, 5.41) is 27.4. The van der Waals surface area contributed by atoms with Gasteiger partial charge < -0.3 is 24.6 Å². The zero-order chi connectivity index (χ0) is 32.5. The number of alkyl carbamates (subject to hydrolysis) is 1. The summed E-state index contributed by atoms with van der Waals surface area (Å²) in [6.45, 7) is 2.49. The van der Waals surface area contributed by atoms with E-state index < -0.39 is 41.8 Å². The third-order valence-corrected chi connectivity index (χ3v) is 9.02. The van der Waals surface area contributed by atoms with E-state index in [1.807, 2.05) is 61.5 Å². The molecular formula is C33H36N6O7. The smallest absolute Gasteiger partial charge is 0.411 e. The van der Waals surface area contributed by atoms with Gasteiger partial charge in [0.25, 0.3) is 0 Å². The summed E-state index contributed by atoms with van der Waals surface area (Å²) in [7, 11) is 2.58. The van der Waals surface area contributed by atoms with Crippen LogP contribution in [0.15, 0.2) is 83.0 Å². The molecule has 46 heavy (non-hydrogen) atoms. The number of ether oxygens (including phenoxy) is 3. The highest BCUT2D eigenvalue weighted by Crippen LogP contribution is 2.51. The van der Waals surface area contributed by atoms with E-state index in [-0.39, 0.29) is 13.2 Å². The molecule has 0 aromatic heterocycles. The Morgan fingerprint density at radius 1 is 0.913 bits per heavy atom. The molecule has 3 N–H and O–H groups in total. The molecule has 4 atom stereocenters. The maximum absolute atomic E-state index is 13.3. The monoisotopic (exact) mass is 628 g/mol. The van der Waals surface area contributed by atoms with Crippen LogP contribution in [0, 0.1) is 6.92 Å². The van der Waals surface area contributed by atoms with Crippen LogP contribution < -0.4 is 10.6 Å². The van der Waals surface area contributed by atoms with E-state index in [4.69, 9.17) is 24.4 Å². The van der Waals surface area contributed by atoms with E-state index >= 15 is 0 Å². The fourth-order valence-electron chi connectivity index (χ4n) is 6.72. The zero-order valence-corrected chi connectivity index (χ0v) is 25.8. The van der Waals surface area contributed by atoms with Crippen LogP contribution in [0.4, 0.5) is 25.8 Å².